The number of hydrazone groups is 1. The van der Waals surface area contributed by atoms with Crippen molar-refractivity contribution in [2.24, 2.45) is 5.10 Å². The van der Waals surface area contributed by atoms with E-state index in [1.807, 2.05) is 45.0 Å². The molecule has 2 amide bonds. The lowest BCUT2D eigenvalue weighted by Crippen LogP contribution is -2.20. The van der Waals surface area contributed by atoms with Crippen molar-refractivity contribution < 1.29 is 19.1 Å². The Kier molecular flexibility index (Phi) is 8.69. The van der Waals surface area contributed by atoms with Gasteiger partial charge in [-0.2, -0.15) is 5.10 Å². The molecule has 0 aliphatic carbocycles. The average molecular weight is 397 g/mol. The van der Waals surface area contributed by atoms with Crippen LogP contribution in [0.5, 0.6) is 11.5 Å². The zero-order valence-electron chi connectivity index (χ0n) is 17.0. The molecule has 0 saturated heterocycles. The molecular weight excluding hydrogens is 370 g/mol. The summed E-state index contributed by atoms with van der Waals surface area (Å²) in [5.41, 5.74) is 3.84. The topological polar surface area (TPSA) is 89.0 Å². The molecule has 0 saturated carbocycles. The largest absolute Gasteiger partial charge is 0.494 e. The van der Waals surface area contributed by atoms with Crippen molar-refractivity contribution in [3.63, 3.8) is 0 Å². The van der Waals surface area contributed by atoms with Gasteiger partial charge in [-0.05, 0) is 57.2 Å². The van der Waals surface area contributed by atoms with Crippen molar-refractivity contribution in [3.8, 4) is 11.5 Å². The van der Waals surface area contributed by atoms with Gasteiger partial charge in [-0.3, -0.25) is 9.59 Å². The number of anilines is 1. The number of carbonyl (C=O) groups excluding carboxylic acids is 2. The van der Waals surface area contributed by atoms with Gasteiger partial charge in [0.1, 0.15) is 11.5 Å². The van der Waals surface area contributed by atoms with Gasteiger partial charge in [0.05, 0.1) is 18.9 Å². The van der Waals surface area contributed by atoms with Crippen LogP contribution in [0.3, 0.4) is 0 Å². The number of hydrogen-bond donors (Lipinski definition) is 2. The van der Waals surface area contributed by atoms with Crippen LogP contribution in [0.25, 0.3) is 0 Å². The van der Waals surface area contributed by atoms with Crippen molar-refractivity contribution in [1.29, 1.82) is 0 Å². The zero-order chi connectivity index (χ0) is 21.1. The number of para-hydroxylation sites is 1. The number of carbonyl (C=O) groups is 2. The Labute approximate surface area is 171 Å². The van der Waals surface area contributed by atoms with E-state index in [0.29, 0.717) is 18.0 Å². The summed E-state index contributed by atoms with van der Waals surface area (Å²) in [5.74, 6) is 0.840. The summed E-state index contributed by atoms with van der Waals surface area (Å²) < 4.78 is 11.0. The highest BCUT2D eigenvalue weighted by Gasteiger charge is 2.07. The van der Waals surface area contributed by atoms with Gasteiger partial charge in [0.15, 0.2) is 0 Å². The predicted octanol–water partition coefficient (Wildman–Crippen LogP) is 3.74. The molecule has 154 valence electrons. The van der Waals surface area contributed by atoms with E-state index in [-0.39, 0.29) is 30.8 Å². The molecule has 2 aromatic carbocycles. The first-order valence-electron chi connectivity index (χ1n) is 9.58. The Morgan fingerprint density at radius 3 is 2.41 bits per heavy atom. The van der Waals surface area contributed by atoms with E-state index in [0.717, 1.165) is 11.3 Å². The predicted molar refractivity (Wildman–Crippen MR) is 113 cm³/mol. The normalized spacial score (nSPS) is 10.8. The maximum Gasteiger partial charge on any atom is 0.240 e. The summed E-state index contributed by atoms with van der Waals surface area (Å²) in [6.07, 6.45) is 1.65. The van der Waals surface area contributed by atoms with E-state index < -0.39 is 0 Å². The van der Waals surface area contributed by atoms with Gasteiger partial charge in [-0.1, -0.05) is 12.1 Å². The van der Waals surface area contributed by atoms with Crippen LogP contribution in [-0.4, -0.2) is 30.7 Å². The summed E-state index contributed by atoms with van der Waals surface area (Å²) in [6, 6.07) is 14.5. The molecule has 0 atom stereocenters. The minimum Gasteiger partial charge on any atom is -0.494 e. The van der Waals surface area contributed by atoms with Crippen LogP contribution >= 0.6 is 0 Å². The van der Waals surface area contributed by atoms with Gasteiger partial charge >= 0.3 is 0 Å². The summed E-state index contributed by atoms with van der Waals surface area (Å²) in [5, 5.41) is 6.69. The van der Waals surface area contributed by atoms with Gasteiger partial charge in [-0.15, -0.1) is 0 Å². The lowest BCUT2D eigenvalue weighted by atomic mass is 10.2. The highest BCUT2D eigenvalue weighted by molar-refractivity contribution is 5.93. The second kappa shape index (κ2) is 11.5. The van der Waals surface area contributed by atoms with Gasteiger partial charge in [0.2, 0.25) is 11.8 Å². The molecule has 7 nitrogen and oxygen atoms in total. The lowest BCUT2D eigenvalue weighted by Gasteiger charge is -2.11. The van der Waals surface area contributed by atoms with Crippen LogP contribution in [0.15, 0.2) is 53.6 Å². The van der Waals surface area contributed by atoms with Crippen LogP contribution in [0.2, 0.25) is 0 Å². The van der Waals surface area contributed by atoms with Crippen molar-refractivity contribution in [3.05, 3.63) is 54.1 Å². The smallest absolute Gasteiger partial charge is 0.240 e. The highest BCUT2D eigenvalue weighted by atomic mass is 16.5. The second-order valence-corrected chi connectivity index (χ2v) is 6.50. The minimum atomic E-state index is -0.342. The maximum atomic E-state index is 12.0. The molecule has 2 N–H and O–H groups in total. The molecule has 2 rings (SSSR count). The van der Waals surface area contributed by atoms with Crippen molar-refractivity contribution in [2.45, 2.75) is 39.7 Å². The molecule has 0 aromatic heterocycles. The van der Waals surface area contributed by atoms with E-state index in [1.165, 1.54) is 6.21 Å². The highest BCUT2D eigenvalue weighted by Crippen LogP contribution is 2.17. The average Bonchev–Trinajstić information content (AvgIpc) is 2.69. The van der Waals surface area contributed by atoms with E-state index in [2.05, 4.69) is 15.8 Å². The molecule has 2 aromatic rings. The summed E-state index contributed by atoms with van der Waals surface area (Å²) in [6.45, 7) is 6.37. The third kappa shape index (κ3) is 8.04. The van der Waals surface area contributed by atoms with Crippen molar-refractivity contribution in [2.75, 3.05) is 11.9 Å². The van der Waals surface area contributed by atoms with Crippen LogP contribution in [0, 0.1) is 0 Å². The Morgan fingerprint density at radius 2 is 1.72 bits per heavy atom. The second-order valence-electron chi connectivity index (χ2n) is 6.50. The van der Waals surface area contributed by atoms with Gasteiger partial charge in [0, 0.05) is 24.1 Å². The molecule has 0 unspecified atom stereocenters. The Bertz CT molecular complexity index is 832. The fraction of sp³-hybridized carbons (Fsp3) is 0.318. The van der Waals surface area contributed by atoms with Crippen LogP contribution in [0.4, 0.5) is 5.69 Å². The molecule has 7 heteroatoms. The molecule has 0 radical (unpaired) electrons. The maximum absolute atomic E-state index is 12.0. The molecule has 29 heavy (non-hydrogen) atoms. The standard InChI is InChI=1S/C22H27N3O4/c1-4-28-19-11-9-18(10-12-19)24-21(26)13-14-22(27)25-23-15-17-7-5-6-8-20(17)29-16(2)3/h5-12,15-16H,4,13-14H2,1-3H3,(H,24,26)(H,25,27). The van der Waals surface area contributed by atoms with Gasteiger partial charge in [-0.25, -0.2) is 5.43 Å². The molecule has 0 bridgehead atoms. The third-order valence-electron chi connectivity index (χ3n) is 3.70. The first kappa shape index (κ1) is 21.9. The summed E-state index contributed by atoms with van der Waals surface area (Å²) >= 11 is 0. The van der Waals surface area contributed by atoms with Gasteiger partial charge in [0.25, 0.3) is 0 Å². The molecule has 0 fully saturated rings. The monoisotopic (exact) mass is 397 g/mol. The number of ether oxygens (including phenoxy) is 2. The number of nitrogens with zero attached hydrogens (tertiary/aromatic N) is 1. The number of benzene rings is 2. The number of amides is 2. The minimum absolute atomic E-state index is 0.0321. The summed E-state index contributed by atoms with van der Waals surface area (Å²) in [4.78, 5) is 23.9. The van der Waals surface area contributed by atoms with Gasteiger partial charge < -0.3 is 14.8 Å². The first-order valence-corrected chi connectivity index (χ1v) is 9.58. The van der Waals surface area contributed by atoms with E-state index in [1.54, 1.807) is 24.3 Å². The number of nitrogens with one attached hydrogen (secondary N) is 2. The quantitative estimate of drug-likeness (QED) is 0.472. The molecule has 0 aliphatic rings. The molecule has 0 heterocycles. The fourth-order valence-electron chi connectivity index (χ4n) is 2.43. The lowest BCUT2D eigenvalue weighted by molar-refractivity contribution is -0.124. The molecule has 0 spiro atoms. The van der Waals surface area contributed by atoms with Crippen LogP contribution in [-0.2, 0) is 9.59 Å². The van der Waals surface area contributed by atoms with Crippen LogP contribution in [0.1, 0.15) is 39.2 Å². The van der Waals surface area contributed by atoms with Crippen molar-refractivity contribution in [1.82, 2.24) is 5.43 Å². The molecular formula is C22H27N3O4. The Morgan fingerprint density at radius 1 is 1.03 bits per heavy atom. The van der Waals surface area contributed by atoms with E-state index in [9.17, 15) is 9.59 Å². The number of hydrogen-bond acceptors (Lipinski definition) is 5. The van der Waals surface area contributed by atoms with Crippen molar-refractivity contribution >= 4 is 23.7 Å². The van der Waals surface area contributed by atoms with E-state index >= 15 is 0 Å². The van der Waals surface area contributed by atoms with E-state index in [4.69, 9.17) is 9.47 Å². The third-order valence-corrected chi connectivity index (χ3v) is 3.70. The Hall–Kier alpha value is -3.35. The zero-order valence-corrected chi connectivity index (χ0v) is 17.0. The van der Waals surface area contributed by atoms with Crippen LogP contribution < -0.4 is 20.2 Å². The first-order chi connectivity index (χ1) is 14.0. The summed E-state index contributed by atoms with van der Waals surface area (Å²) in [7, 11) is 0. The number of rotatable bonds is 10. The SMILES string of the molecule is CCOc1ccc(NC(=O)CCC(=O)NN=Cc2ccccc2OC(C)C)cc1. The molecule has 0 aliphatic heterocycles. The Balaban J connectivity index is 1.76. The fourth-order valence-corrected chi connectivity index (χ4v) is 2.43.